The Morgan fingerprint density at radius 2 is 1.27 bits per heavy atom. The number of hydrogen-bond donors (Lipinski definition) is 0. The summed E-state index contributed by atoms with van der Waals surface area (Å²) in [5.41, 5.74) is 2.11. The minimum Gasteiger partial charge on any atom is -0.324 e. The van der Waals surface area contributed by atoms with Crippen molar-refractivity contribution >= 4 is 9.52 Å². The van der Waals surface area contributed by atoms with E-state index in [-0.39, 0.29) is 17.2 Å². The summed E-state index contributed by atoms with van der Waals surface area (Å²) in [5, 5.41) is 7.57. The average Bonchev–Trinajstić information content (AvgIpc) is 3.04. The maximum absolute atomic E-state index is 13.1. The van der Waals surface area contributed by atoms with Crippen molar-refractivity contribution in [2.45, 2.75) is 11.7 Å². The molecular weight excluding hydrogens is 300 g/mol. The summed E-state index contributed by atoms with van der Waals surface area (Å²) in [6.07, 6.45) is 4.09. The van der Waals surface area contributed by atoms with Gasteiger partial charge in [-0.25, -0.2) is 8.78 Å². The molecule has 2 aromatic carbocycles. The summed E-state index contributed by atoms with van der Waals surface area (Å²) >= 11 is 0. The van der Waals surface area contributed by atoms with Crippen LogP contribution >= 0.6 is 0 Å². The fourth-order valence-corrected chi connectivity index (χ4v) is 3.65. The molecular formula is C16H13F2N3Si. The number of rotatable bonds is 5. The van der Waals surface area contributed by atoms with Crippen LogP contribution in [-0.4, -0.2) is 24.3 Å². The molecule has 3 nitrogen and oxygen atoms in total. The number of halogens is 2. The van der Waals surface area contributed by atoms with Gasteiger partial charge < -0.3 is 4.57 Å². The summed E-state index contributed by atoms with van der Waals surface area (Å²) in [6, 6.07) is 12.9. The molecule has 0 aliphatic carbocycles. The van der Waals surface area contributed by atoms with Gasteiger partial charge in [0.1, 0.15) is 24.3 Å². The number of benzene rings is 2. The average molecular weight is 313 g/mol. The normalized spacial score (nSPS) is 11.0. The Labute approximate surface area is 129 Å². The van der Waals surface area contributed by atoms with Gasteiger partial charge in [-0.05, 0) is 35.4 Å². The summed E-state index contributed by atoms with van der Waals surface area (Å²) < 4.78 is 28.2. The van der Waals surface area contributed by atoms with Crippen molar-refractivity contribution in [2.75, 3.05) is 0 Å². The maximum atomic E-state index is 13.1. The van der Waals surface area contributed by atoms with E-state index in [9.17, 15) is 8.78 Å². The van der Waals surface area contributed by atoms with Gasteiger partial charge in [-0.1, -0.05) is 24.3 Å². The van der Waals surface area contributed by atoms with Crippen molar-refractivity contribution in [3.8, 4) is 0 Å². The van der Waals surface area contributed by atoms with E-state index in [1.807, 2.05) is 4.57 Å². The molecule has 3 rings (SSSR count). The highest BCUT2D eigenvalue weighted by Crippen LogP contribution is 2.24. The molecule has 1 heterocycles. The van der Waals surface area contributed by atoms with E-state index in [4.69, 9.17) is 0 Å². The van der Waals surface area contributed by atoms with E-state index in [1.54, 1.807) is 36.9 Å². The van der Waals surface area contributed by atoms with Gasteiger partial charge in [0.25, 0.3) is 0 Å². The molecule has 0 aliphatic heterocycles. The van der Waals surface area contributed by atoms with Crippen molar-refractivity contribution in [1.82, 2.24) is 14.8 Å². The van der Waals surface area contributed by atoms with Crippen LogP contribution in [0, 0.1) is 11.6 Å². The molecule has 0 unspecified atom stereocenters. The van der Waals surface area contributed by atoms with Crippen LogP contribution in [-0.2, 0) is 6.17 Å². The predicted octanol–water partition coefficient (Wildman–Crippen LogP) is 3.01. The van der Waals surface area contributed by atoms with E-state index in [1.165, 1.54) is 24.3 Å². The maximum Gasteiger partial charge on any atom is 0.123 e. The molecule has 0 amide bonds. The first kappa shape index (κ1) is 14.6. The van der Waals surface area contributed by atoms with Gasteiger partial charge in [-0.3, -0.25) is 0 Å². The lowest BCUT2D eigenvalue weighted by atomic mass is 10.0. The van der Waals surface area contributed by atoms with Crippen LogP contribution in [0.5, 0.6) is 0 Å². The first-order valence-corrected chi connectivity index (χ1v) is 8.07. The third-order valence-electron chi connectivity index (χ3n) is 3.35. The second-order valence-electron chi connectivity index (χ2n) is 4.87. The Balaban J connectivity index is 1.87. The first-order valence-electron chi connectivity index (χ1n) is 6.79. The zero-order valence-electron chi connectivity index (χ0n) is 11.7. The SMILES string of the molecule is Fc1ccc(C([Si]Cn2cnnc2)c2ccc(F)cc2)cc1. The van der Waals surface area contributed by atoms with Gasteiger partial charge in [0, 0.05) is 11.7 Å². The first-order chi connectivity index (χ1) is 10.7. The van der Waals surface area contributed by atoms with Crippen LogP contribution in [0.1, 0.15) is 16.7 Å². The second kappa shape index (κ2) is 6.61. The highest BCUT2D eigenvalue weighted by molar-refractivity contribution is 6.37. The molecule has 1 aromatic heterocycles. The molecule has 0 aliphatic rings. The fraction of sp³-hybridized carbons (Fsp3) is 0.125. The number of nitrogens with zero attached hydrogens (tertiary/aromatic N) is 3. The van der Waals surface area contributed by atoms with E-state index in [2.05, 4.69) is 10.2 Å². The van der Waals surface area contributed by atoms with Crippen LogP contribution in [0.25, 0.3) is 0 Å². The van der Waals surface area contributed by atoms with Crippen LogP contribution in [0.3, 0.4) is 0 Å². The van der Waals surface area contributed by atoms with E-state index in [0.717, 1.165) is 17.3 Å². The minimum absolute atomic E-state index is 0.0867. The van der Waals surface area contributed by atoms with Crippen LogP contribution < -0.4 is 0 Å². The molecule has 110 valence electrons. The van der Waals surface area contributed by atoms with E-state index in [0.29, 0.717) is 9.52 Å². The van der Waals surface area contributed by atoms with Gasteiger partial charge in [-0.2, -0.15) is 0 Å². The molecule has 0 atom stereocenters. The van der Waals surface area contributed by atoms with Gasteiger partial charge in [0.05, 0.1) is 9.52 Å². The summed E-state index contributed by atoms with van der Waals surface area (Å²) in [7, 11) is 0.504. The topological polar surface area (TPSA) is 30.7 Å². The predicted molar refractivity (Wildman–Crippen MR) is 80.4 cm³/mol. The van der Waals surface area contributed by atoms with Crippen LogP contribution in [0.4, 0.5) is 8.78 Å². The Bertz CT molecular complexity index is 667. The third-order valence-corrected chi connectivity index (χ3v) is 4.97. The lowest BCUT2D eigenvalue weighted by molar-refractivity contribution is 0.626. The molecule has 3 aromatic rings. The number of hydrogen-bond acceptors (Lipinski definition) is 2. The van der Waals surface area contributed by atoms with Crippen molar-refractivity contribution < 1.29 is 8.78 Å². The molecule has 0 fully saturated rings. The Morgan fingerprint density at radius 3 is 1.73 bits per heavy atom. The summed E-state index contributed by atoms with van der Waals surface area (Å²) in [5.74, 6) is -0.521. The van der Waals surface area contributed by atoms with Crippen molar-refractivity contribution in [3.05, 3.63) is 83.9 Å². The summed E-state index contributed by atoms with van der Waals surface area (Å²) in [6.45, 7) is 0. The van der Waals surface area contributed by atoms with Crippen molar-refractivity contribution in [3.63, 3.8) is 0 Å². The number of aromatic nitrogens is 3. The van der Waals surface area contributed by atoms with Gasteiger partial charge in [-0.15, -0.1) is 10.2 Å². The lowest BCUT2D eigenvalue weighted by Crippen LogP contribution is -2.16. The largest absolute Gasteiger partial charge is 0.324 e. The smallest absolute Gasteiger partial charge is 0.123 e. The standard InChI is InChI=1S/C16H13F2N3Si/c17-14-5-1-12(2-6-14)16(13-3-7-15(18)8-4-13)22-11-21-9-19-20-10-21/h1-10,16H,11H2. The monoisotopic (exact) mass is 313 g/mol. The molecule has 0 N–H and O–H groups in total. The van der Waals surface area contributed by atoms with E-state index < -0.39 is 0 Å². The molecule has 0 bridgehead atoms. The zero-order chi connectivity index (χ0) is 15.4. The van der Waals surface area contributed by atoms with Crippen LogP contribution in [0.2, 0.25) is 0 Å². The van der Waals surface area contributed by atoms with E-state index >= 15 is 0 Å². The Morgan fingerprint density at radius 1 is 0.818 bits per heavy atom. The molecule has 0 saturated heterocycles. The zero-order valence-corrected chi connectivity index (χ0v) is 12.7. The molecule has 22 heavy (non-hydrogen) atoms. The Kier molecular flexibility index (Phi) is 4.39. The quantitative estimate of drug-likeness (QED) is 0.678. The molecule has 0 saturated carbocycles. The lowest BCUT2D eigenvalue weighted by Gasteiger charge is -2.17. The van der Waals surface area contributed by atoms with Gasteiger partial charge in [0.15, 0.2) is 0 Å². The van der Waals surface area contributed by atoms with Crippen molar-refractivity contribution in [1.29, 1.82) is 0 Å². The second-order valence-corrected chi connectivity index (χ2v) is 6.18. The van der Waals surface area contributed by atoms with Gasteiger partial charge >= 0.3 is 0 Å². The Hall–Kier alpha value is -2.34. The molecule has 2 radical (unpaired) electrons. The van der Waals surface area contributed by atoms with Crippen LogP contribution in [0.15, 0.2) is 61.2 Å². The minimum atomic E-state index is -0.260. The third kappa shape index (κ3) is 3.45. The summed E-state index contributed by atoms with van der Waals surface area (Å²) in [4.78, 5) is 0. The molecule has 0 spiro atoms. The molecule has 6 heteroatoms. The van der Waals surface area contributed by atoms with Gasteiger partial charge in [0.2, 0.25) is 0 Å². The highest BCUT2D eigenvalue weighted by Gasteiger charge is 2.15. The fourth-order valence-electron chi connectivity index (χ4n) is 2.24. The van der Waals surface area contributed by atoms with Crippen molar-refractivity contribution in [2.24, 2.45) is 0 Å². The highest BCUT2D eigenvalue weighted by atomic mass is 28.2.